The summed E-state index contributed by atoms with van der Waals surface area (Å²) in [6.07, 6.45) is -0.796. The lowest BCUT2D eigenvalue weighted by atomic mass is 10.0. The van der Waals surface area contributed by atoms with Gasteiger partial charge in [-0.05, 0) is 48.9 Å². The van der Waals surface area contributed by atoms with Crippen LogP contribution in [0, 0.1) is 0 Å². The maximum Gasteiger partial charge on any atom is 0.251 e. The van der Waals surface area contributed by atoms with E-state index < -0.39 is 16.1 Å². The van der Waals surface area contributed by atoms with Gasteiger partial charge in [0, 0.05) is 31.7 Å². The number of nitrogens with one attached hydrogen (secondary N) is 2. The molecule has 2 aromatic carbocycles. The maximum atomic E-state index is 12.8. The smallest absolute Gasteiger partial charge is 0.251 e. The van der Waals surface area contributed by atoms with Crippen molar-refractivity contribution in [3.8, 4) is 5.75 Å². The fourth-order valence-corrected chi connectivity index (χ4v) is 4.69. The fraction of sp³-hybridized carbons (Fsp3) is 0.435. The topological polar surface area (TPSA) is 117 Å². The van der Waals surface area contributed by atoms with E-state index in [1.807, 2.05) is 24.3 Å². The minimum Gasteiger partial charge on any atom is -0.497 e. The number of rotatable bonds is 10. The third-order valence-electron chi connectivity index (χ3n) is 5.44. The Morgan fingerprint density at radius 3 is 2.30 bits per heavy atom. The van der Waals surface area contributed by atoms with Gasteiger partial charge in [0.2, 0.25) is 10.0 Å². The molecule has 2 atom stereocenters. The number of carbonyl (C=O) groups is 1. The first-order chi connectivity index (χ1) is 15.8. The number of nitrogens with zero attached hydrogens (tertiary/aromatic N) is 1. The summed E-state index contributed by atoms with van der Waals surface area (Å²) in [5, 5.41) is 12.3. The number of methoxy groups -OCH3 is 1. The maximum absolute atomic E-state index is 12.8. The van der Waals surface area contributed by atoms with Gasteiger partial charge < -0.3 is 19.9 Å². The van der Waals surface area contributed by atoms with E-state index in [1.54, 1.807) is 7.11 Å². The highest BCUT2D eigenvalue weighted by Gasteiger charge is 2.24. The Bertz CT molecular complexity index is 1000. The van der Waals surface area contributed by atoms with Crippen molar-refractivity contribution >= 4 is 15.9 Å². The van der Waals surface area contributed by atoms with E-state index in [0.717, 1.165) is 24.4 Å². The van der Waals surface area contributed by atoms with Crippen LogP contribution >= 0.6 is 0 Å². The highest BCUT2D eigenvalue weighted by molar-refractivity contribution is 7.89. The van der Waals surface area contributed by atoms with Crippen LogP contribution in [0.3, 0.4) is 0 Å². The van der Waals surface area contributed by atoms with Crippen molar-refractivity contribution in [1.82, 2.24) is 14.9 Å². The first-order valence-corrected chi connectivity index (χ1v) is 12.3. The summed E-state index contributed by atoms with van der Waals surface area (Å²) < 4.78 is 37.6. The molecule has 1 heterocycles. The van der Waals surface area contributed by atoms with Gasteiger partial charge in [0.05, 0.1) is 37.4 Å². The van der Waals surface area contributed by atoms with Gasteiger partial charge in [0.1, 0.15) is 5.75 Å². The average molecular weight is 478 g/mol. The lowest BCUT2D eigenvalue weighted by molar-refractivity contribution is 0.0162. The minimum atomic E-state index is -3.75. The van der Waals surface area contributed by atoms with Gasteiger partial charge in [-0.1, -0.05) is 12.1 Å². The summed E-state index contributed by atoms with van der Waals surface area (Å²) >= 11 is 0. The summed E-state index contributed by atoms with van der Waals surface area (Å²) in [5.41, 5.74) is 1.42. The Balaban J connectivity index is 1.68. The van der Waals surface area contributed by atoms with Crippen molar-refractivity contribution < 1.29 is 27.8 Å². The third-order valence-corrected chi connectivity index (χ3v) is 6.88. The molecule has 0 saturated carbocycles. The Morgan fingerprint density at radius 2 is 1.73 bits per heavy atom. The number of ether oxygens (including phenoxy) is 2. The monoisotopic (exact) mass is 477 g/mol. The summed E-state index contributed by atoms with van der Waals surface area (Å²) in [6.45, 7) is 4.60. The SMILES string of the molecule is COc1ccc(C(CNC(=O)c2ccc(S(=O)(=O)NCC(C)O)cc2)N2CCOCC2)cc1. The average Bonchev–Trinajstić information content (AvgIpc) is 2.84. The molecule has 9 nitrogen and oxygen atoms in total. The third kappa shape index (κ3) is 6.99. The second-order valence-electron chi connectivity index (χ2n) is 7.87. The molecule has 33 heavy (non-hydrogen) atoms. The lowest BCUT2D eigenvalue weighted by Crippen LogP contribution is -2.43. The Labute approximate surface area is 194 Å². The van der Waals surface area contributed by atoms with Crippen LogP contribution in [-0.2, 0) is 14.8 Å². The van der Waals surface area contributed by atoms with Crippen LogP contribution in [-0.4, -0.2) is 76.9 Å². The van der Waals surface area contributed by atoms with Crippen molar-refractivity contribution in [2.75, 3.05) is 46.5 Å². The van der Waals surface area contributed by atoms with Crippen LogP contribution < -0.4 is 14.8 Å². The van der Waals surface area contributed by atoms with Gasteiger partial charge in [-0.2, -0.15) is 0 Å². The minimum absolute atomic E-state index is 0.0316. The molecule has 10 heteroatoms. The van der Waals surface area contributed by atoms with E-state index in [4.69, 9.17) is 9.47 Å². The van der Waals surface area contributed by atoms with E-state index in [0.29, 0.717) is 25.3 Å². The normalized spacial score (nSPS) is 16.7. The molecule has 2 aromatic rings. The van der Waals surface area contributed by atoms with E-state index in [9.17, 15) is 18.3 Å². The quantitative estimate of drug-likeness (QED) is 0.470. The highest BCUT2D eigenvalue weighted by Crippen LogP contribution is 2.24. The number of carbonyl (C=O) groups excluding carboxylic acids is 1. The van der Waals surface area contributed by atoms with Gasteiger partial charge in [-0.25, -0.2) is 13.1 Å². The predicted octanol–water partition coefficient (Wildman–Crippen LogP) is 1.16. The second-order valence-corrected chi connectivity index (χ2v) is 9.64. The zero-order chi connectivity index (χ0) is 23.8. The highest BCUT2D eigenvalue weighted by atomic mass is 32.2. The number of morpholine rings is 1. The molecule has 2 unspecified atom stereocenters. The van der Waals surface area contributed by atoms with Crippen LogP contribution in [0.15, 0.2) is 53.4 Å². The zero-order valence-corrected chi connectivity index (χ0v) is 19.7. The van der Waals surface area contributed by atoms with E-state index >= 15 is 0 Å². The van der Waals surface area contributed by atoms with Crippen LogP contribution in [0.2, 0.25) is 0 Å². The van der Waals surface area contributed by atoms with Crippen molar-refractivity contribution in [3.63, 3.8) is 0 Å². The van der Waals surface area contributed by atoms with Gasteiger partial charge in [0.25, 0.3) is 5.91 Å². The molecule has 3 N–H and O–H groups in total. The number of aliphatic hydroxyl groups excluding tert-OH is 1. The molecule has 1 amide bonds. The van der Waals surface area contributed by atoms with Gasteiger partial charge in [-0.15, -0.1) is 0 Å². The number of hydrogen-bond donors (Lipinski definition) is 3. The van der Waals surface area contributed by atoms with Gasteiger partial charge >= 0.3 is 0 Å². The number of aliphatic hydroxyl groups is 1. The number of sulfonamides is 1. The molecule has 0 aliphatic carbocycles. The number of amides is 1. The number of hydrogen-bond acceptors (Lipinski definition) is 7. The van der Waals surface area contributed by atoms with E-state index in [1.165, 1.54) is 31.2 Å². The predicted molar refractivity (Wildman–Crippen MR) is 124 cm³/mol. The van der Waals surface area contributed by atoms with Crippen molar-refractivity contribution in [3.05, 3.63) is 59.7 Å². The molecule has 0 bridgehead atoms. The molecule has 1 fully saturated rings. The van der Waals surface area contributed by atoms with Crippen LogP contribution in [0.1, 0.15) is 28.9 Å². The van der Waals surface area contributed by atoms with Crippen molar-refractivity contribution in [2.45, 2.75) is 24.0 Å². The zero-order valence-electron chi connectivity index (χ0n) is 18.9. The molecule has 0 aromatic heterocycles. The molecular weight excluding hydrogens is 446 g/mol. The first kappa shape index (κ1) is 25.1. The van der Waals surface area contributed by atoms with Crippen molar-refractivity contribution in [1.29, 1.82) is 0 Å². The molecule has 1 aliphatic heterocycles. The van der Waals surface area contributed by atoms with Gasteiger partial charge in [-0.3, -0.25) is 9.69 Å². The second kappa shape index (κ2) is 11.6. The summed E-state index contributed by atoms with van der Waals surface area (Å²) in [6, 6.07) is 13.4. The molecule has 3 rings (SSSR count). The summed E-state index contributed by atoms with van der Waals surface area (Å²) in [4.78, 5) is 15.1. The Hall–Kier alpha value is -2.50. The van der Waals surface area contributed by atoms with Crippen molar-refractivity contribution in [2.24, 2.45) is 0 Å². The van der Waals surface area contributed by atoms with Crippen LogP contribution in [0.5, 0.6) is 5.75 Å². The summed E-state index contributed by atoms with van der Waals surface area (Å²) in [7, 11) is -2.13. The first-order valence-electron chi connectivity index (χ1n) is 10.8. The Morgan fingerprint density at radius 1 is 1.09 bits per heavy atom. The molecule has 180 valence electrons. The lowest BCUT2D eigenvalue weighted by Gasteiger charge is -2.35. The van der Waals surface area contributed by atoms with E-state index in [2.05, 4.69) is 14.9 Å². The standard InChI is InChI=1S/C23H31N3O6S/c1-17(27)15-25-33(29,30)21-9-5-19(6-10-21)23(28)24-16-22(26-11-13-32-14-12-26)18-3-7-20(31-2)8-4-18/h3-10,17,22,25,27H,11-16H2,1-2H3,(H,24,28). The molecular formula is C23H31N3O6S. The molecule has 1 saturated heterocycles. The molecule has 0 radical (unpaired) electrons. The van der Waals surface area contributed by atoms with Crippen LogP contribution in [0.4, 0.5) is 0 Å². The largest absolute Gasteiger partial charge is 0.497 e. The summed E-state index contributed by atoms with van der Waals surface area (Å²) in [5.74, 6) is 0.476. The molecule has 0 spiro atoms. The molecule has 1 aliphatic rings. The Kier molecular flexibility index (Phi) is 8.81. The fourth-order valence-electron chi connectivity index (χ4n) is 3.56. The van der Waals surface area contributed by atoms with E-state index in [-0.39, 0.29) is 23.4 Å². The number of benzene rings is 2. The van der Waals surface area contributed by atoms with Crippen LogP contribution in [0.25, 0.3) is 0 Å². The van der Waals surface area contributed by atoms with Gasteiger partial charge in [0.15, 0.2) is 0 Å².